The minimum absolute atomic E-state index is 0.0952. The average molecular weight is 893 g/mol. The average Bonchev–Trinajstić information content (AvgIpc) is 3.29. The molecule has 0 aliphatic rings. The van der Waals surface area contributed by atoms with Gasteiger partial charge in [0, 0.05) is 19.3 Å². The normalized spacial score (nSPS) is 12.6. The third kappa shape index (κ3) is 49.9. The number of esters is 3. The number of rotatable bonds is 48. The summed E-state index contributed by atoms with van der Waals surface area (Å²) in [5.74, 6) is -0.977. The third-order valence-electron chi connectivity index (χ3n) is 11.5. The number of carbonyl (C=O) groups excluding carboxylic acids is 3. The molecule has 0 heterocycles. The molecule has 0 aromatic heterocycles. The summed E-state index contributed by atoms with van der Waals surface area (Å²) in [6.45, 7) is 6.47. The first-order valence-corrected chi connectivity index (χ1v) is 26.9. The van der Waals surface area contributed by atoms with Crippen LogP contribution in [-0.4, -0.2) is 37.2 Å². The van der Waals surface area contributed by atoms with Crippen molar-refractivity contribution in [1.29, 1.82) is 0 Å². The second-order valence-corrected chi connectivity index (χ2v) is 17.8. The minimum Gasteiger partial charge on any atom is -0.462 e. The molecule has 6 nitrogen and oxygen atoms in total. The first kappa shape index (κ1) is 60.9. The van der Waals surface area contributed by atoms with E-state index < -0.39 is 6.10 Å². The summed E-state index contributed by atoms with van der Waals surface area (Å²) in [4.78, 5) is 38.0. The Bertz CT molecular complexity index is 1210. The maximum absolute atomic E-state index is 12.8. The summed E-state index contributed by atoms with van der Waals surface area (Å²) in [6.07, 6.45) is 66.1. The molecule has 0 aromatic rings. The van der Waals surface area contributed by atoms with E-state index in [0.717, 1.165) is 77.0 Å². The molecule has 0 saturated carbocycles. The lowest BCUT2D eigenvalue weighted by Crippen LogP contribution is -2.30. The van der Waals surface area contributed by atoms with Crippen LogP contribution in [0.3, 0.4) is 0 Å². The zero-order chi connectivity index (χ0) is 46.5. The number of hydrogen-bond acceptors (Lipinski definition) is 6. The first-order chi connectivity index (χ1) is 31.5. The van der Waals surface area contributed by atoms with Gasteiger partial charge in [0.05, 0.1) is 0 Å². The van der Waals surface area contributed by atoms with Crippen molar-refractivity contribution in [1.82, 2.24) is 0 Å². The van der Waals surface area contributed by atoms with Gasteiger partial charge in [0.2, 0.25) is 0 Å². The monoisotopic (exact) mass is 893 g/mol. The molecule has 0 spiro atoms. The van der Waals surface area contributed by atoms with Crippen LogP contribution in [-0.2, 0) is 28.6 Å². The number of allylic oxidation sites excluding steroid dienone is 12. The maximum Gasteiger partial charge on any atom is 0.306 e. The molecule has 0 radical (unpaired) electrons. The number of unbranched alkanes of at least 4 members (excludes halogenated alkanes) is 25. The van der Waals surface area contributed by atoms with Gasteiger partial charge in [-0.2, -0.15) is 0 Å². The molecule has 0 unspecified atom stereocenters. The maximum atomic E-state index is 12.8. The summed E-state index contributed by atoms with van der Waals surface area (Å²) >= 11 is 0. The lowest BCUT2D eigenvalue weighted by molar-refractivity contribution is -0.166. The third-order valence-corrected chi connectivity index (χ3v) is 11.5. The van der Waals surface area contributed by atoms with E-state index in [4.69, 9.17) is 14.2 Å². The van der Waals surface area contributed by atoms with Gasteiger partial charge in [-0.25, -0.2) is 0 Å². The molecule has 0 saturated heterocycles. The molecule has 6 heteroatoms. The highest BCUT2D eigenvalue weighted by Crippen LogP contribution is 2.16. The van der Waals surface area contributed by atoms with Crippen molar-refractivity contribution in [3.05, 3.63) is 72.9 Å². The zero-order valence-electron chi connectivity index (χ0n) is 42.0. The molecular weight excluding hydrogens is 793 g/mol. The predicted molar refractivity (Wildman–Crippen MR) is 274 cm³/mol. The summed E-state index contributed by atoms with van der Waals surface area (Å²) < 4.78 is 16.7. The van der Waals surface area contributed by atoms with Crippen molar-refractivity contribution < 1.29 is 28.6 Å². The molecule has 0 bridgehead atoms. The Morgan fingerprint density at radius 3 is 0.953 bits per heavy atom. The van der Waals surface area contributed by atoms with Gasteiger partial charge in [0.25, 0.3) is 0 Å². The molecule has 0 aromatic carbocycles. The molecule has 0 aliphatic heterocycles. The molecule has 0 fully saturated rings. The molecule has 0 aliphatic carbocycles. The zero-order valence-corrected chi connectivity index (χ0v) is 42.0. The van der Waals surface area contributed by atoms with Crippen molar-refractivity contribution in [2.45, 2.75) is 264 Å². The second kappa shape index (κ2) is 52.5. The van der Waals surface area contributed by atoms with Gasteiger partial charge in [0.15, 0.2) is 6.10 Å². The van der Waals surface area contributed by atoms with Crippen molar-refractivity contribution in [2.24, 2.45) is 0 Å². The van der Waals surface area contributed by atoms with Crippen molar-refractivity contribution in [3.63, 3.8) is 0 Å². The van der Waals surface area contributed by atoms with Crippen molar-refractivity contribution >= 4 is 17.9 Å². The summed E-state index contributed by atoms with van der Waals surface area (Å²) in [5.41, 5.74) is 0. The topological polar surface area (TPSA) is 78.9 Å². The van der Waals surface area contributed by atoms with Gasteiger partial charge in [-0.1, -0.05) is 254 Å². The van der Waals surface area contributed by atoms with Gasteiger partial charge >= 0.3 is 17.9 Å². The van der Waals surface area contributed by atoms with Gasteiger partial charge in [0.1, 0.15) is 13.2 Å². The molecular formula is C58H100O6. The fourth-order valence-electron chi connectivity index (χ4n) is 7.47. The quantitative estimate of drug-likeness (QED) is 0.0262. The van der Waals surface area contributed by atoms with Crippen molar-refractivity contribution in [3.8, 4) is 0 Å². The van der Waals surface area contributed by atoms with E-state index in [9.17, 15) is 14.4 Å². The number of carbonyl (C=O) groups is 3. The Labute approximate surface area is 395 Å². The molecule has 64 heavy (non-hydrogen) atoms. The Morgan fingerprint density at radius 2 is 0.609 bits per heavy atom. The molecule has 1 atom stereocenters. The molecule has 368 valence electrons. The van der Waals surface area contributed by atoms with E-state index in [1.807, 2.05) is 6.08 Å². The summed E-state index contributed by atoms with van der Waals surface area (Å²) in [5, 5.41) is 0. The van der Waals surface area contributed by atoms with Crippen LogP contribution in [0.5, 0.6) is 0 Å². The van der Waals surface area contributed by atoms with Crippen LogP contribution in [0.15, 0.2) is 72.9 Å². The van der Waals surface area contributed by atoms with Gasteiger partial charge in [-0.3, -0.25) is 14.4 Å². The largest absolute Gasteiger partial charge is 0.462 e. The Hall–Kier alpha value is -3.15. The fraction of sp³-hybridized carbons (Fsp3) is 0.741. The van der Waals surface area contributed by atoms with Gasteiger partial charge in [-0.05, 0) is 57.8 Å². The van der Waals surface area contributed by atoms with Crippen LogP contribution >= 0.6 is 0 Å². The first-order valence-electron chi connectivity index (χ1n) is 26.9. The van der Waals surface area contributed by atoms with E-state index in [2.05, 4.69) is 87.6 Å². The van der Waals surface area contributed by atoms with E-state index in [-0.39, 0.29) is 37.5 Å². The standard InChI is InChI=1S/C58H100O6/c1-4-7-10-13-16-19-22-24-26-28-29-30-32-33-36-39-42-45-48-51-57(60)63-54-55(53-62-56(59)50-47-44-41-38-35-21-18-15-12-9-6-3)64-58(61)52-49-46-43-40-37-34-31-27-25-23-20-17-14-11-8-5-2/h7,10,16,19,24,26,29-30,33,36,42,45,55H,4-6,8-9,11-15,17-18,20-23,25,27-28,31-32,34-35,37-41,43-44,46-54H2,1-3H3/b10-7-,19-16-,26-24-,30-29-,36-33-,45-42-/t55-/m1/s1. The van der Waals surface area contributed by atoms with E-state index in [0.29, 0.717) is 19.3 Å². The van der Waals surface area contributed by atoms with Crippen LogP contribution in [0, 0.1) is 0 Å². The van der Waals surface area contributed by atoms with E-state index >= 15 is 0 Å². The van der Waals surface area contributed by atoms with Crippen molar-refractivity contribution in [2.75, 3.05) is 13.2 Å². The lowest BCUT2D eigenvalue weighted by atomic mass is 10.0. The summed E-state index contributed by atoms with van der Waals surface area (Å²) in [6, 6.07) is 0. The minimum atomic E-state index is -0.801. The fourth-order valence-corrected chi connectivity index (χ4v) is 7.47. The van der Waals surface area contributed by atoms with E-state index in [1.54, 1.807) is 0 Å². The SMILES string of the molecule is CC/C=C\C/C=C\C/C=C\C/C=C\C/C=C\C/C=C\CCC(=O)OC[C@@H](COC(=O)CCCCCCCCCCCCC)OC(=O)CCCCCCCCCCCCCCCCCC. The smallest absolute Gasteiger partial charge is 0.306 e. The highest BCUT2D eigenvalue weighted by atomic mass is 16.6. The predicted octanol–water partition coefficient (Wildman–Crippen LogP) is 17.8. The Kier molecular flexibility index (Phi) is 49.9. The van der Waals surface area contributed by atoms with Crippen LogP contribution in [0.1, 0.15) is 258 Å². The van der Waals surface area contributed by atoms with Crippen LogP contribution in [0.25, 0.3) is 0 Å². The van der Waals surface area contributed by atoms with Gasteiger partial charge in [-0.15, -0.1) is 0 Å². The molecule has 0 N–H and O–H groups in total. The van der Waals surface area contributed by atoms with Crippen LogP contribution in [0.4, 0.5) is 0 Å². The summed E-state index contributed by atoms with van der Waals surface area (Å²) in [7, 11) is 0. The van der Waals surface area contributed by atoms with Gasteiger partial charge < -0.3 is 14.2 Å². The Balaban J connectivity index is 4.45. The van der Waals surface area contributed by atoms with E-state index in [1.165, 1.54) is 135 Å². The number of ether oxygens (including phenoxy) is 3. The van der Waals surface area contributed by atoms with Crippen LogP contribution < -0.4 is 0 Å². The highest BCUT2D eigenvalue weighted by molar-refractivity contribution is 5.71. The Morgan fingerprint density at radius 1 is 0.328 bits per heavy atom. The molecule has 0 amide bonds. The highest BCUT2D eigenvalue weighted by Gasteiger charge is 2.19. The molecule has 0 rings (SSSR count). The van der Waals surface area contributed by atoms with Crippen LogP contribution in [0.2, 0.25) is 0 Å². The lowest BCUT2D eigenvalue weighted by Gasteiger charge is -2.18. The second-order valence-electron chi connectivity index (χ2n) is 17.8. The number of hydrogen-bond donors (Lipinski definition) is 0.